The van der Waals surface area contributed by atoms with Crippen molar-refractivity contribution >= 4 is 20.8 Å². The van der Waals surface area contributed by atoms with Crippen molar-refractivity contribution in [1.29, 1.82) is 0 Å². The zero-order valence-corrected chi connectivity index (χ0v) is 15.5. The molecule has 3 rings (SSSR count). The highest BCUT2D eigenvalue weighted by atomic mass is 32.2. The Balaban J connectivity index is 1.95. The molecule has 1 N–H and O–H groups in total. The summed E-state index contributed by atoms with van der Waals surface area (Å²) in [6, 6.07) is 17.5. The second-order valence-electron chi connectivity index (χ2n) is 6.49. The summed E-state index contributed by atoms with van der Waals surface area (Å²) in [4.78, 5) is 4.77. The van der Waals surface area contributed by atoms with Crippen LogP contribution in [0.4, 0.5) is 0 Å². The number of hydrogen-bond donors (Lipinski definition) is 1. The Kier molecular flexibility index (Phi) is 4.77. The SMILES string of the molecule is CC1=C(c2ccc(C(C)C)cc2)S(=O)(=O)NC1=NCc1ccccc1. The van der Waals surface area contributed by atoms with Crippen LogP contribution in [0.1, 0.15) is 43.4 Å². The first-order valence-corrected chi connectivity index (χ1v) is 9.79. The molecule has 1 aliphatic rings. The molecule has 0 saturated carbocycles. The molecule has 2 aromatic rings. The van der Waals surface area contributed by atoms with Crippen molar-refractivity contribution in [2.75, 3.05) is 0 Å². The van der Waals surface area contributed by atoms with Gasteiger partial charge in [-0.1, -0.05) is 68.4 Å². The molecule has 0 aromatic heterocycles. The summed E-state index contributed by atoms with van der Waals surface area (Å²) in [5, 5.41) is 0. The molecule has 130 valence electrons. The third-order valence-corrected chi connectivity index (χ3v) is 5.84. The molecule has 25 heavy (non-hydrogen) atoms. The van der Waals surface area contributed by atoms with Gasteiger partial charge in [-0.25, -0.2) is 8.42 Å². The molecule has 0 bridgehead atoms. The first kappa shape index (κ1) is 17.4. The predicted molar refractivity (Wildman–Crippen MR) is 103 cm³/mol. The molecular weight excluding hydrogens is 332 g/mol. The number of nitrogens with zero attached hydrogens (tertiary/aromatic N) is 1. The van der Waals surface area contributed by atoms with Gasteiger partial charge in [0.2, 0.25) is 0 Å². The van der Waals surface area contributed by atoms with Crippen molar-refractivity contribution in [3.63, 3.8) is 0 Å². The van der Waals surface area contributed by atoms with Crippen LogP contribution in [0.3, 0.4) is 0 Å². The molecule has 0 spiro atoms. The molecule has 1 aliphatic heterocycles. The van der Waals surface area contributed by atoms with Gasteiger partial charge < -0.3 is 0 Å². The van der Waals surface area contributed by atoms with Crippen LogP contribution in [0, 0.1) is 0 Å². The van der Waals surface area contributed by atoms with E-state index in [0.717, 1.165) is 5.56 Å². The van der Waals surface area contributed by atoms with Crippen LogP contribution < -0.4 is 4.72 Å². The minimum absolute atomic E-state index is 0.314. The fourth-order valence-electron chi connectivity index (χ4n) is 2.86. The summed E-state index contributed by atoms with van der Waals surface area (Å²) in [6.07, 6.45) is 0. The maximum absolute atomic E-state index is 12.6. The molecule has 4 nitrogen and oxygen atoms in total. The molecule has 0 radical (unpaired) electrons. The van der Waals surface area contributed by atoms with E-state index in [1.165, 1.54) is 5.56 Å². The normalized spacial score (nSPS) is 18.0. The second-order valence-corrected chi connectivity index (χ2v) is 8.11. The molecule has 0 aliphatic carbocycles. The lowest BCUT2D eigenvalue weighted by Gasteiger charge is -2.07. The smallest absolute Gasteiger partial charge is 0.263 e. The highest BCUT2D eigenvalue weighted by molar-refractivity contribution is 8.00. The summed E-state index contributed by atoms with van der Waals surface area (Å²) in [5.74, 6) is 0.831. The maximum Gasteiger partial charge on any atom is 0.264 e. The van der Waals surface area contributed by atoms with Crippen LogP contribution in [-0.4, -0.2) is 14.3 Å². The highest BCUT2D eigenvalue weighted by Gasteiger charge is 2.32. The number of sulfonamides is 1. The first-order chi connectivity index (χ1) is 11.9. The third kappa shape index (κ3) is 3.66. The van der Waals surface area contributed by atoms with Gasteiger partial charge in [-0.2, -0.15) is 0 Å². The summed E-state index contributed by atoms with van der Waals surface area (Å²) in [6.45, 7) is 6.46. The number of nitrogens with one attached hydrogen (secondary N) is 1. The lowest BCUT2D eigenvalue weighted by atomic mass is 10.0. The van der Waals surface area contributed by atoms with E-state index in [4.69, 9.17) is 0 Å². The summed E-state index contributed by atoms with van der Waals surface area (Å²) in [5.41, 5.74) is 3.58. The van der Waals surface area contributed by atoms with Crippen molar-refractivity contribution in [2.24, 2.45) is 4.99 Å². The van der Waals surface area contributed by atoms with Gasteiger partial charge in [-0.05, 0) is 29.5 Å². The summed E-state index contributed by atoms with van der Waals surface area (Å²) >= 11 is 0. The second kappa shape index (κ2) is 6.84. The molecule has 2 aromatic carbocycles. The van der Waals surface area contributed by atoms with E-state index in [9.17, 15) is 8.42 Å². The van der Waals surface area contributed by atoms with E-state index in [0.29, 0.717) is 34.3 Å². The standard InChI is InChI=1S/C20H22N2O2S/c1-14(2)17-9-11-18(12-10-17)19-15(3)20(22-25(19,23)24)21-13-16-7-5-4-6-8-16/h4-12,14H,13H2,1-3H3,(H,21,22). The van der Waals surface area contributed by atoms with E-state index in [-0.39, 0.29) is 0 Å². The molecule has 1 heterocycles. The zero-order chi connectivity index (χ0) is 18.0. The molecule has 0 saturated heterocycles. The monoisotopic (exact) mass is 354 g/mol. The number of benzene rings is 2. The van der Waals surface area contributed by atoms with Gasteiger partial charge in [-0.3, -0.25) is 9.71 Å². The van der Waals surface area contributed by atoms with Gasteiger partial charge >= 0.3 is 0 Å². The van der Waals surface area contributed by atoms with Crippen molar-refractivity contribution in [3.8, 4) is 0 Å². The molecule has 0 amide bonds. The van der Waals surface area contributed by atoms with Crippen LogP contribution in [0.25, 0.3) is 4.91 Å². The topological polar surface area (TPSA) is 58.5 Å². The number of aliphatic imine (C=N–C) groups is 1. The van der Waals surface area contributed by atoms with E-state index >= 15 is 0 Å². The maximum atomic E-state index is 12.6. The minimum atomic E-state index is -3.58. The molecule has 5 heteroatoms. The Labute approximate surface area is 149 Å². The number of amidine groups is 1. The number of hydrogen-bond acceptors (Lipinski definition) is 3. The average molecular weight is 354 g/mol. The molecule has 0 atom stereocenters. The Morgan fingerprint density at radius 2 is 1.64 bits per heavy atom. The van der Waals surface area contributed by atoms with Crippen LogP contribution in [-0.2, 0) is 16.6 Å². The Hall–Kier alpha value is -2.40. The van der Waals surface area contributed by atoms with E-state index in [1.807, 2.05) is 54.6 Å². The van der Waals surface area contributed by atoms with Gasteiger partial charge in [0.25, 0.3) is 10.0 Å². The predicted octanol–water partition coefficient (Wildman–Crippen LogP) is 4.07. The van der Waals surface area contributed by atoms with Crippen molar-refractivity contribution in [2.45, 2.75) is 33.2 Å². The largest absolute Gasteiger partial charge is 0.264 e. The molecule has 0 fully saturated rings. The van der Waals surface area contributed by atoms with Crippen molar-refractivity contribution in [3.05, 3.63) is 76.9 Å². The molecule has 0 unspecified atom stereocenters. The zero-order valence-electron chi connectivity index (χ0n) is 14.7. The first-order valence-electron chi connectivity index (χ1n) is 8.31. The number of rotatable bonds is 4. The fourth-order valence-corrected chi connectivity index (χ4v) is 4.38. The van der Waals surface area contributed by atoms with E-state index in [2.05, 4.69) is 23.6 Å². The van der Waals surface area contributed by atoms with Crippen LogP contribution >= 0.6 is 0 Å². The fraction of sp³-hybridized carbons (Fsp3) is 0.250. The van der Waals surface area contributed by atoms with E-state index < -0.39 is 10.0 Å². The van der Waals surface area contributed by atoms with Gasteiger partial charge in [0.15, 0.2) is 0 Å². The van der Waals surface area contributed by atoms with Gasteiger partial charge in [0.1, 0.15) is 10.7 Å². The van der Waals surface area contributed by atoms with Gasteiger partial charge in [0.05, 0.1) is 6.54 Å². The van der Waals surface area contributed by atoms with Crippen molar-refractivity contribution < 1.29 is 8.42 Å². The lowest BCUT2D eigenvalue weighted by Crippen LogP contribution is -2.23. The quantitative estimate of drug-likeness (QED) is 0.900. The minimum Gasteiger partial charge on any atom is -0.263 e. The van der Waals surface area contributed by atoms with Crippen LogP contribution in [0.2, 0.25) is 0 Å². The van der Waals surface area contributed by atoms with Gasteiger partial charge in [-0.15, -0.1) is 0 Å². The average Bonchev–Trinajstić information content (AvgIpc) is 2.82. The third-order valence-electron chi connectivity index (χ3n) is 4.30. The Morgan fingerprint density at radius 3 is 2.24 bits per heavy atom. The van der Waals surface area contributed by atoms with Gasteiger partial charge in [0, 0.05) is 5.57 Å². The van der Waals surface area contributed by atoms with E-state index in [1.54, 1.807) is 6.92 Å². The van der Waals surface area contributed by atoms with Crippen LogP contribution in [0.5, 0.6) is 0 Å². The van der Waals surface area contributed by atoms with Crippen molar-refractivity contribution in [1.82, 2.24) is 4.72 Å². The molecular formula is C20H22N2O2S. The Bertz CT molecular complexity index is 925. The van der Waals surface area contributed by atoms with Crippen LogP contribution in [0.15, 0.2) is 65.2 Å². The Morgan fingerprint density at radius 1 is 1.00 bits per heavy atom. The summed E-state index contributed by atoms with van der Waals surface area (Å²) in [7, 11) is -3.58. The summed E-state index contributed by atoms with van der Waals surface area (Å²) < 4.78 is 27.7. The lowest BCUT2D eigenvalue weighted by molar-refractivity contribution is 0.603. The highest BCUT2D eigenvalue weighted by Crippen LogP contribution is 2.30.